The van der Waals surface area contributed by atoms with E-state index in [1.807, 2.05) is 32.6 Å². The molecule has 0 N–H and O–H groups in total. The molecule has 0 aliphatic carbocycles. The minimum atomic E-state index is -0.687. The van der Waals surface area contributed by atoms with Gasteiger partial charge >= 0.3 is 7.12 Å². The van der Waals surface area contributed by atoms with Crippen molar-refractivity contribution in [2.45, 2.75) is 64.3 Å². The fraction of sp³-hybridized carbons (Fsp3) is 0.650. The lowest BCUT2D eigenvalue weighted by atomic mass is 9.75. The molecule has 0 spiro atoms. The number of rotatable bonds is 4. The van der Waals surface area contributed by atoms with Crippen LogP contribution in [0.25, 0.3) is 0 Å². The van der Waals surface area contributed by atoms with E-state index in [1.165, 1.54) is 12.1 Å². The first kappa shape index (κ1) is 20.3. The van der Waals surface area contributed by atoms with Crippen LogP contribution >= 0.6 is 0 Å². The Labute approximate surface area is 161 Å². The molecule has 5 nitrogen and oxygen atoms in total. The molecule has 0 unspecified atom stereocenters. The molecular formula is C20H29BFNO4. The van der Waals surface area contributed by atoms with Crippen molar-refractivity contribution in [2.75, 3.05) is 20.2 Å². The maximum atomic E-state index is 13.9. The molecule has 1 amide bonds. The van der Waals surface area contributed by atoms with Gasteiger partial charge in [0.05, 0.1) is 23.7 Å². The second-order valence-corrected chi connectivity index (χ2v) is 8.42. The molecule has 148 valence electrons. The zero-order valence-electron chi connectivity index (χ0n) is 16.9. The van der Waals surface area contributed by atoms with E-state index in [9.17, 15) is 9.18 Å². The second-order valence-electron chi connectivity index (χ2n) is 8.42. The second kappa shape index (κ2) is 7.53. The van der Waals surface area contributed by atoms with E-state index in [2.05, 4.69) is 0 Å². The molecule has 27 heavy (non-hydrogen) atoms. The molecular weight excluding hydrogens is 348 g/mol. The van der Waals surface area contributed by atoms with Crippen molar-refractivity contribution in [3.05, 3.63) is 29.6 Å². The Morgan fingerprint density at radius 2 is 1.81 bits per heavy atom. The maximum Gasteiger partial charge on any atom is 0.495 e. The Kier molecular flexibility index (Phi) is 5.66. The van der Waals surface area contributed by atoms with Gasteiger partial charge in [-0.25, -0.2) is 4.39 Å². The molecule has 0 bridgehead atoms. The molecule has 2 fully saturated rings. The van der Waals surface area contributed by atoms with E-state index in [0.29, 0.717) is 18.6 Å². The van der Waals surface area contributed by atoms with E-state index in [-0.39, 0.29) is 24.2 Å². The van der Waals surface area contributed by atoms with Crippen LogP contribution in [0.1, 0.15) is 46.1 Å². The van der Waals surface area contributed by atoms with E-state index in [0.717, 1.165) is 18.4 Å². The highest BCUT2D eigenvalue weighted by Gasteiger charge is 2.52. The summed E-state index contributed by atoms with van der Waals surface area (Å²) in [5.41, 5.74) is 0.295. The van der Waals surface area contributed by atoms with Gasteiger partial charge in [0.2, 0.25) is 5.91 Å². The molecule has 2 heterocycles. The van der Waals surface area contributed by atoms with Crippen molar-refractivity contribution in [1.82, 2.24) is 4.90 Å². The fourth-order valence-corrected chi connectivity index (χ4v) is 3.53. The summed E-state index contributed by atoms with van der Waals surface area (Å²) in [7, 11) is 1.02. The van der Waals surface area contributed by atoms with Crippen LogP contribution in [0.15, 0.2) is 18.2 Å². The predicted octanol–water partition coefficient (Wildman–Crippen LogP) is 2.30. The Hall–Kier alpha value is -1.44. The average Bonchev–Trinajstić information content (AvgIpc) is 2.84. The number of carbonyl (C=O) groups is 1. The van der Waals surface area contributed by atoms with Crippen molar-refractivity contribution in [3.8, 4) is 0 Å². The number of halogens is 1. The first-order valence-electron chi connectivity index (χ1n) is 9.57. The maximum absolute atomic E-state index is 13.9. The average molecular weight is 377 g/mol. The number of hydrogen-bond donors (Lipinski definition) is 0. The highest BCUT2D eigenvalue weighted by Crippen LogP contribution is 2.36. The summed E-state index contributed by atoms with van der Waals surface area (Å²) >= 11 is 0. The SMILES string of the molecule is COC1CCN(C(=O)Cc2ccc(F)cc2B2OC(C)(C)C(C)(C)O2)CC1. The normalized spacial score (nSPS) is 22.3. The zero-order valence-corrected chi connectivity index (χ0v) is 16.9. The zero-order chi connectivity index (χ0) is 19.8. The lowest BCUT2D eigenvalue weighted by Crippen LogP contribution is -2.43. The molecule has 2 saturated heterocycles. The first-order chi connectivity index (χ1) is 12.6. The van der Waals surface area contributed by atoms with Gasteiger partial charge in [0.15, 0.2) is 0 Å². The van der Waals surface area contributed by atoms with Gasteiger partial charge < -0.3 is 18.9 Å². The minimum absolute atomic E-state index is 0.0360. The number of methoxy groups -OCH3 is 1. The lowest BCUT2D eigenvalue weighted by molar-refractivity contribution is -0.132. The first-order valence-corrected chi connectivity index (χ1v) is 9.57. The third kappa shape index (κ3) is 4.20. The van der Waals surface area contributed by atoms with Crippen LogP contribution in [-0.2, 0) is 25.3 Å². The molecule has 7 heteroatoms. The van der Waals surface area contributed by atoms with Crippen LogP contribution in [0.3, 0.4) is 0 Å². The highest BCUT2D eigenvalue weighted by atomic mass is 19.1. The van der Waals surface area contributed by atoms with Gasteiger partial charge in [-0.15, -0.1) is 0 Å². The quantitative estimate of drug-likeness (QED) is 0.756. The van der Waals surface area contributed by atoms with Crippen LogP contribution in [0, 0.1) is 5.82 Å². The van der Waals surface area contributed by atoms with Crippen molar-refractivity contribution >= 4 is 18.5 Å². The topological polar surface area (TPSA) is 48.0 Å². The number of hydrogen-bond acceptors (Lipinski definition) is 4. The number of likely N-dealkylation sites (tertiary alicyclic amines) is 1. The standard InChI is InChI=1S/C20H29BFNO4/c1-19(2)20(3,4)27-21(26-19)17-13-15(22)7-6-14(17)12-18(24)23-10-8-16(25-5)9-11-23/h6-7,13,16H,8-12H2,1-5H3. The van der Waals surface area contributed by atoms with E-state index in [4.69, 9.17) is 14.0 Å². The molecule has 1 aromatic carbocycles. The minimum Gasteiger partial charge on any atom is -0.399 e. The third-order valence-corrected chi connectivity index (χ3v) is 6.08. The summed E-state index contributed by atoms with van der Waals surface area (Å²) in [5, 5.41) is 0. The van der Waals surface area contributed by atoms with Gasteiger partial charge in [0.25, 0.3) is 0 Å². The number of ether oxygens (including phenoxy) is 1. The fourth-order valence-electron chi connectivity index (χ4n) is 3.53. The summed E-state index contributed by atoms with van der Waals surface area (Å²) in [4.78, 5) is 14.6. The summed E-state index contributed by atoms with van der Waals surface area (Å²) in [5.74, 6) is -0.328. The van der Waals surface area contributed by atoms with Crippen LogP contribution in [0.4, 0.5) is 4.39 Å². The number of benzene rings is 1. The van der Waals surface area contributed by atoms with Crippen LogP contribution in [-0.4, -0.2) is 55.4 Å². The number of amides is 1. The van der Waals surface area contributed by atoms with Gasteiger partial charge in [-0.3, -0.25) is 4.79 Å². The van der Waals surface area contributed by atoms with E-state index in [1.54, 1.807) is 13.2 Å². The van der Waals surface area contributed by atoms with Gasteiger partial charge in [0.1, 0.15) is 5.82 Å². The van der Waals surface area contributed by atoms with Crippen molar-refractivity contribution in [2.24, 2.45) is 0 Å². The molecule has 3 rings (SSSR count). The van der Waals surface area contributed by atoms with E-state index < -0.39 is 18.3 Å². The Balaban J connectivity index is 1.76. The van der Waals surface area contributed by atoms with Crippen LogP contribution < -0.4 is 5.46 Å². The Bertz CT molecular complexity index is 685. The molecule has 0 atom stereocenters. The Morgan fingerprint density at radius 1 is 1.22 bits per heavy atom. The summed E-state index contributed by atoms with van der Waals surface area (Å²) in [6, 6.07) is 4.46. The molecule has 0 aromatic heterocycles. The van der Waals surface area contributed by atoms with Gasteiger partial charge in [-0.05, 0) is 63.7 Å². The summed E-state index contributed by atoms with van der Waals surface area (Å²) < 4.78 is 31.4. The number of carbonyl (C=O) groups excluding carboxylic acids is 1. The highest BCUT2D eigenvalue weighted by molar-refractivity contribution is 6.62. The Morgan fingerprint density at radius 3 is 2.37 bits per heavy atom. The number of nitrogens with zero attached hydrogens (tertiary/aromatic N) is 1. The molecule has 1 aromatic rings. The van der Waals surface area contributed by atoms with Crippen LogP contribution in [0.2, 0.25) is 0 Å². The summed E-state index contributed by atoms with van der Waals surface area (Å²) in [6.45, 7) is 9.19. The molecule has 0 saturated carbocycles. The number of piperidine rings is 1. The van der Waals surface area contributed by atoms with Gasteiger partial charge in [-0.2, -0.15) is 0 Å². The van der Waals surface area contributed by atoms with E-state index >= 15 is 0 Å². The van der Waals surface area contributed by atoms with Gasteiger partial charge in [0, 0.05) is 20.2 Å². The van der Waals surface area contributed by atoms with Crippen molar-refractivity contribution in [3.63, 3.8) is 0 Å². The largest absolute Gasteiger partial charge is 0.495 e. The molecule has 0 radical (unpaired) electrons. The van der Waals surface area contributed by atoms with Gasteiger partial charge in [-0.1, -0.05) is 6.07 Å². The monoisotopic (exact) mass is 377 g/mol. The predicted molar refractivity (Wildman–Crippen MR) is 102 cm³/mol. The lowest BCUT2D eigenvalue weighted by Gasteiger charge is -2.32. The third-order valence-electron chi connectivity index (χ3n) is 6.08. The molecule has 2 aliphatic rings. The van der Waals surface area contributed by atoms with Crippen LogP contribution in [0.5, 0.6) is 0 Å². The van der Waals surface area contributed by atoms with Crippen molar-refractivity contribution < 1.29 is 23.2 Å². The smallest absolute Gasteiger partial charge is 0.399 e. The van der Waals surface area contributed by atoms with Crippen molar-refractivity contribution in [1.29, 1.82) is 0 Å². The summed E-state index contributed by atoms with van der Waals surface area (Å²) in [6.07, 6.45) is 2.11. The molecule has 2 aliphatic heterocycles.